The maximum Gasteiger partial charge on any atom is 0.319 e. The summed E-state index contributed by atoms with van der Waals surface area (Å²) in [5.74, 6) is 1.16. The zero-order valence-corrected chi connectivity index (χ0v) is 17.3. The van der Waals surface area contributed by atoms with Gasteiger partial charge >= 0.3 is 6.03 Å². The second-order valence-electron chi connectivity index (χ2n) is 6.56. The third-order valence-corrected chi connectivity index (χ3v) is 3.96. The molecule has 0 bridgehead atoms. The number of hydrogen-bond acceptors (Lipinski definition) is 5. The summed E-state index contributed by atoms with van der Waals surface area (Å²) < 4.78 is 15.9. The van der Waals surface area contributed by atoms with E-state index in [1.165, 1.54) is 21.3 Å². The van der Waals surface area contributed by atoms with Gasteiger partial charge in [-0.25, -0.2) is 4.79 Å². The molecule has 0 aliphatic rings. The molecule has 8 heteroatoms. The van der Waals surface area contributed by atoms with E-state index in [4.69, 9.17) is 14.2 Å². The maximum absolute atomic E-state index is 12.6. The molecular formula is C21H27N3O5. The lowest BCUT2D eigenvalue weighted by Gasteiger charge is -2.15. The molecule has 0 atom stereocenters. The molecule has 0 aromatic heterocycles. The topological polar surface area (TPSA) is 97.9 Å². The Bertz CT molecular complexity index is 842. The van der Waals surface area contributed by atoms with E-state index < -0.39 is 0 Å². The number of hydrogen-bond donors (Lipinski definition) is 3. The number of carbonyl (C=O) groups excluding carboxylic acids is 2. The molecule has 0 saturated heterocycles. The average Bonchev–Trinajstić information content (AvgIpc) is 2.67. The number of methoxy groups -OCH3 is 3. The molecule has 0 aliphatic carbocycles. The predicted octanol–water partition coefficient (Wildman–Crippen LogP) is 3.42. The third kappa shape index (κ3) is 6.03. The van der Waals surface area contributed by atoms with Gasteiger partial charge in [-0.3, -0.25) is 4.79 Å². The summed E-state index contributed by atoms with van der Waals surface area (Å²) >= 11 is 0. The van der Waals surface area contributed by atoms with Crippen molar-refractivity contribution in [2.75, 3.05) is 32.0 Å². The number of benzene rings is 2. The van der Waals surface area contributed by atoms with E-state index in [1.54, 1.807) is 36.4 Å². The van der Waals surface area contributed by atoms with Gasteiger partial charge in [0.05, 0.1) is 39.1 Å². The number of anilines is 2. The summed E-state index contributed by atoms with van der Waals surface area (Å²) in [5, 5.41) is 8.31. The van der Waals surface area contributed by atoms with Crippen LogP contribution in [0.2, 0.25) is 0 Å². The molecule has 2 aromatic carbocycles. The highest BCUT2D eigenvalue weighted by Gasteiger charge is 2.16. The number of para-hydroxylation sites is 2. The fourth-order valence-corrected chi connectivity index (χ4v) is 2.74. The Hall–Kier alpha value is -3.42. The van der Waals surface area contributed by atoms with Gasteiger partial charge in [-0.05, 0) is 43.7 Å². The lowest BCUT2D eigenvalue weighted by molar-refractivity contribution is -0.115. The van der Waals surface area contributed by atoms with Crippen molar-refractivity contribution in [1.29, 1.82) is 0 Å². The first kappa shape index (κ1) is 21.9. The maximum atomic E-state index is 12.6. The first-order valence-corrected chi connectivity index (χ1v) is 9.13. The fourth-order valence-electron chi connectivity index (χ4n) is 2.74. The predicted molar refractivity (Wildman–Crippen MR) is 112 cm³/mol. The van der Waals surface area contributed by atoms with Gasteiger partial charge in [0.2, 0.25) is 11.7 Å². The van der Waals surface area contributed by atoms with E-state index in [2.05, 4.69) is 16.0 Å². The molecule has 0 heterocycles. The largest absolute Gasteiger partial charge is 0.493 e. The highest BCUT2D eigenvalue weighted by molar-refractivity contribution is 5.99. The zero-order chi connectivity index (χ0) is 21.4. The Labute approximate surface area is 170 Å². The molecule has 2 aromatic rings. The standard InChI is InChI=1S/C21H27N3O5/c1-13(2)22-21(26)24-16-9-7-6-8-15(16)23-19(25)12-14-10-17(27-3)20(29-5)18(11-14)28-4/h6-11,13H,12H2,1-5H3,(H,23,25)(H2,22,24,26). The van der Waals surface area contributed by atoms with Crippen LogP contribution in [0.15, 0.2) is 36.4 Å². The SMILES string of the molecule is COc1cc(CC(=O)Nc2ccccc2NC(=O)NC(C)C)cc(OC)c1OC. The van der Waals surface area contributed by atoms with E-state index in [1.807, 2.05) is 13.8 Å². The Kier molecular flexibility index (Phi) is 7.70. The van der Waals surface area contributed by atoms with Crippen molar-refractivity contribution in [3.05, 3.63) is 42.0 Å². The highest BCUT2D eigenvalue weighted by atomic mass is 16.5. The van der Waals surface area contributed by atoms with Crippen LogP contribution in [0.25, 0.3) is 0 Å². The molecule has 3 N–H and O–H groups in total. The summed E-state index contributed by atoms with van der Waals surface area (Å²) in [6.07, 6.45) is 0.0865. The van der Waals surface area contributed by atoms with Crippen LogP contribution in [0.4, 0.5) is 16.2 Å². The van der Waals surface area contributed by atoms with Crippen molar-refractivity contribution in [2.24, 2.45) is 0 Å². The number of urea groups is 1. The van der Waals surface area contributed by atoms with Crippen molar-refractivity contribution in [2.45, 2.75) is 26.3 Å². The molecule has 156 valence electrons. The first-order chi connectivity index (χ1) is 13.9. The van der Waals surface area contributed by atoms with Gasteiger partial charge < -0.3 is 30.2 Å². The number of amides is 3. The summed E-state index contributed by atoms with van der Waals surface area (Å²) in [5.41, 5.74) is 1.70. The summed E-state index contributed by atoms with van der Waals surface area (Å²) in [6.45, 7) is 3.73. The highest BCUT2D eigenvalue weighted by Crippen LogP contribution is 2.38. The molecule has 0 spiro atoms. The number of rotatable bonds is 8. The van der Waals surface area contributed by atoms with Crippen molar-refractivity contribution < 1.29 is 23.8 Å². The normalized spacial score (nSPS) is 10.3. The third-order valence-electron chi connectivity index (χ3n) is 3.96. The van der Waals surface area contributed by atoms with E-state index in [0.29, 0.717) is 34.2 Å². The van der Waals surface area contributed by atoms with E-state index in [0.717, 1.165) is 0 Å². The van der Waals surface area contributed by atoms with Gasteiger partial charge in [0.1, 0.15) is 0 Å². The van der Waals surface area contributed by atoms with Crippen LogP contribution in [-0.4, -0.2) is 39.3 Å². The Balaban J connectivity index is 2.15. The Morgan fingerprint density at radius 1 is 0.897 bits per heavy atom. The number of ether oxygens (including phenoxy) is 3. The lowest BCUT2D eigenvalue weighted by atomic mass is 10.1. The molecule has 8 nitrogen and oxygen atoms in total. The van der Waals surface area contributed by atoms with Crippen LogP contribution in [-0.2, 0) is 11.2 Å². The molecule has 2 rings (SSSR count). The minimum atomic E-state index is -0.341. The van der Waals surface area contributed by atoms with E-state index >= 15 is 0 Å². The van der Waals surface area contributed by atoms with Crippen molar-refractivity contribution in [3.63, 3.8) is 0 Å². The molecule has 0 radical (unpaired) electrons. The zero-order valence-electron chi connectivity index (χ0n) is 17.3. The average molecular weight is 401 g/mol. The second kappa shape index (κ2) is 10.2. The molecule has 0 unspecified atom stereocenters. The lowest BCUT2D eigenvalue weighted by Crippen LogP contribution is -2.34. The van der Waals surface area contributed by atoms with E-state index in [-0.39, 0.29) is 24.4 Å². The van der Waals surface area contributed by atoms with Crippen LogP contribution >= 0.6 is 0 Å². The number of carbonyl (C=O) groups is 2. The van der Waals surface area contributed by atoms with Crippen molar-refractivity contribution >= 4 is 23.3 Å². The first-order valence-electron chi connectivity index (χ1n) is 9.13. The molecule has 0 aliphatic heterocycles. The minimum Gasteiger partial charge on any atom is -0.493 e. The monoisotopic (exact) mass is 401 g/mol. The minimum absolute atomic E-state index is 0.00298. The van der Waals surface area contributed by atoms with Gasteiger partial charge in [0.15, 0.2) is 11.5 Å². The fraction of sp³-hybridized carbons (Fsp3) is 0.333. The van der Waals surface area contributed by atoms with Gasteiger partial charge in [0, 0.05) is 6.04 Å². The van der Waals surface area contributed by atoms with Crippen LogP contribution in [0.3, 0.4) is 0 Å². The molecular weight excluding hydrogens is 374 g/mol. The molecule has 0 saturated carbocycles. The number of nitrogens with one attached hydrogen (secondary N) is 3. The van der Waals surface area contributed by atoms with Crippen molar-refractivity contribution in [3.8, 4) is 17.2 Å². The van der Waals surface area contributed by atoms with Crippen LogP contribution in [0.1, 0.15) is 19.4 Å². The van der Waals surface area contributed by atoms with Crippen LogP contribution in [0, 0.1) is 0 Å². The van der Waals surface area contributed by atoms with Gasteiger partial charge in [-0.1, -0.05) is 12.1 Å². The smallest absolute Gasteiger partial charge is 0.319 e. The van der Waals surface area contributed by atoms with E-state index in [9.17, 15) is 9.59 Å². The Morgan fingerprint density at radius 3 is 1.93 bits per heavy atom. The van der Waals surface area contributed by atoms with Gasteiger partial charge in [0.25, 0.3) is 0 Å². The summed E-state index contributed by atoms with van der Waals surface area (Å²) in [7, 11) is 4.56. The van der Waals surface area contributed by atoms with Gasteiger partial charge in [-0.15, -0.1) is 0 Å². The molecule has 3 amide bonds. The quantitative estimate of drug-likeness (QED) is 0.630. The van der Waals surface area contributed by atoms with Crippen LogP contribution < -0.4 is 30.2 Å². The summed E-state index contributed by atoms with van der Waals surface area (Å²) in [4.78, 5) is 24.6. The second-order valence-corrected chi connectivity index (χ2v) is 6.56. The summed E-state index contributed by atoms with van der Waals surface area (Å²) in [6, 6.07) is 10.1. The molecule has 29 heavy (non-hydrogen) atoms. The van der Waals surface area contributed by atoms with Gasteiger partial charge in [-0.2, -0.15) is 0 Å². The van der Waals surface area contributed by atoms with Crippen molar-refractivity contribution in [1.82, 2.24) is 5.32 Å². The molecule has 0 fully saturated rings. The van der Waals surface area contributed by atoms with Crippen LogP contribution in [0.5, 0.6) is 17.2 Å². The Morgan fingerprint density at radius 2 is 1.45 bits per heavy atom.